The molecule has 0 spiro atoms. The van der Waals surface area contributed by atoms with Crippen molar-refractivity contribution in [1.82, 2.24) is 9.97 Å². The smallest absolute Gasteiger partial charge is 0.255 e. The predicted octanol–water partition coefficient (Wildman–Crippen LogP) is 4.09. The highest BCUT2D eigenvalue weighted by Crippen LogP contribution is 2.56. The molecule has 2 saturated carbocycles. The third-order valence-corrected chi connectivity index (χ3v) is 10.3. The van der Waals surface area contributed by atoms with Crippen LogP contribution in [-0.4, -0.2) is 45.4 Å². The van der Waals surface area contributed by atoms with E-state index in [1.165, 1.54) is 30.6 Å². The fourth-order valence-electron chi connectivity index (χ4n) is 5.72. The van der Waals surface area contributed by atoms with Crippen LogP contribution < -0.4 is 5.32 Å². The van der Waals surface area contributed by atoms with E-state index in [2.05, 4.69) is 15.3 Å². The summed E-state index contributed by atoms with van der Waals surface area (Å²) in [6.07, 6.45) is 2.79. The minimum Gasteiger partial charge on any atom is -0.386 e. The fraction of sp³-hybridized carbons (Fsp3) is 0.346. The molecule has 200 valence electrons. The van der Waals surface area contributed by atoms with Gasteiger partial charge in [0.2, 0.25) is 0 Å². The van der Waals surface area contributed by atoms with Crippen LogP contribution in [-0.2, 0) is 9.84 Å². The summed E-state index contributed by atoms with van der Waals surface area (Å²) in [5.74, 6) is -3.89. The number of amides is 1. The molecule has 0 saturated heterocycles. The van der Waals surface area contributed by atoms with Crippen LogP contribution in [0.3, 0.4) is 0 Å². The first-order valence-electron chi connectivity index (χ1n) is 12.0. The molecule has 12 heteroatoms. The lowest BCUT2D eigenvalue weighted by molar-refractivity contribution is -0.147. The van der Waals surface area contributed by atoms with Crippen LogP contribution in [0.2, 0.25) is 5.02 Å². The van der Waals surface area contributed by atoms with Gasteiger partial charge in [0.25, 0.3) is 5.91 Å². The molecular formula is C26H24ClF2N3O5S. The topological polar surface area (TPSA) is 129 Å². The number of rotatable bonds is 6. The maximum Gasteiger partial charge on any atom is 0.255 e. The van der Waals surface area contributed by atoms with Gasteiger partial charge in [-0.25, -0.2) is 27.2 Å². The number of fused-ring (bicyclic) bond motifs is 2. The van der Waals surface area contributed by atoms with Gasteiger partial charge in [0.15, 0.2) is 27.3 Å². The molecule has 2 aliphatic rings. The minimum atomic E-state index is -4.05. The number of anilines is 1. The summed E-state index contributed by atoms with van der Waals surface area (Å²) in [5, 5.41) is 23.9. The summed E-state index contributed by atoms with van der Waals surface area (Å²) in [4.78, 5) is 20.6. The van der Waals surface area contributed by atoms with E-state index in [9.17, 15) is 32.2 Å². The molecule has 5 rings (SSSR count). The highest BCUT2D eigenvalue weighted by molar-refractivity contribution is 7.92. The third kappa shape index (κ3) is 4.57. The van der Waals surface area contributed by atoms with E-state index in [-0.39, 0.29) is 39.8 Å². The normalized spacial score (nSPS) is 25.7. The Bertz CT molecular complexity index is 1480. The van der Waals surface area contributed by atoms with Crippen LogP contribution in [0.15, 0.2) is 59.8 Å². The zero-order valence-electron chi connectivity index (χ0n) is 19.9. The monoisotopic (exact) mass is 563 g/mol. The largest absolute Gasteiger partial charge is 0.386 e. The Morgan fingerprint density at radius 2 is 1.71 bits per heavy atom. The summed E-state index contributed by atoms with van der Waals surface area (Å²) < 4.78 is 54.1. The molecule has 8 nitrogen and oxygen atoms in total. The number of aliphatic hydroxyl groups is 2. The van der Waals surface area contributed by atoms with Gasteiger partial charge in [-0.1, -0.05) is 11.6 Å². The summed E-state index contributed by atoms with van der Waals surface area (Å²) in [6, 6.07) is 8.22. The molecule has 2 aromatic carbocycles. The molecule has 1 amide bonds. The van der Waals surface area contributed by atoms with E-state index >= 15 is 0 Å². The number of hydrogen-bond donors (Lipinski definition) is 3. The van der Waals surface area contributed by atoms with Crippen molar-refractivity contribution in [2.45, 2.75) is 47.5 Å². The number of sulfone groups is 1. The average molecular weight is 564 g/mol. The number of nitrogens with one attached hydrogen (secondary N) is 1. The number of nitrogens with zero attached hydrogens (tertiary/aromatic N) is 2. The fourth-order valence-corrected chi connectivity index (χ4v) is 8.12. The van der Waals surface area contributed by atoms with E-state index in [1.54, 1.807) is 6.07 Å². The Labute approximate surface area is 222 Å². The van der Waals surface area contributed by atoms with E-state index < -0.39 is 56.2 Å². The van der Waals surface area contributed by atoms with Crippen molar-refractivity contribution in [3.8, 4) is 0 Å². The average Bonchev–Trinajstić information content (AvgIpc) is 3.06. The van der Waals surface area contributed by atoms with E-state index in [1.807, 2.05) is 0 Å². The van der Waals surface area contributed by atoms with Gasteiger partial charge in [-0.15, -0.1) is 0 Å². The van der Waals surface area contributed by atoms with Gasteiger partial charge in [-0.3, -0.25) is 4.79 Å². The lowest BCUT2D eigenvalue weighted by Gasteiger charge is -2.44. The molecule has 0 radical (unpaired) electrons. The molecule has 0 aliphatic heterocycles. The number of aromatic nitrogens is 2. The Morgan fingerprint density at radius 3 is 2.34 bits per heavy atom. The van der Waals surface area contributed by atoms with Gasteiger partial charge in [0.05, 0.1) is 15.2 Å². The second-order valence-corrected chi connectivity index (χ2v) is 12.3. The molecule has 3 N–H and O–H groups in total. The van der Waals surface area contributed by atoms with Crippen LogP contribution in [0.1, 0.15) is 48.0 Å². The highest BCUT2D eigenvalue weighted by Gasteiger charge is 2.60. The molecule has 3 unspecified atom stereocenters. The van der Waals surface area contributed by atoms with Crippen LogP contribution in [0, 0.1) is 23.5 Å². The first-order chi connectivity index (χ1) is 18.0. The Morgan fingerprint density at radius 1 is 1.05 bits per heavy atom. The number of carbonyl (C=O) groups is 1. The number of benzene rings is 2. The zero-order chi connectivity index (χ0) is 27.2. The molecular weight excluding hydrogens is 540 g/mol. The lowest BCUT2D eigenvalue weighted by atomic mass is 9.71. The molecule has 5 atom stereocenters. The van der Waals surface area contributed by atoms with Crippen molar-refractivity contribution in [3.05, 3.63) is 82.9 Å². The second-order valence-electron chi connectivity index (χ2n) is 9.73. The van der Waals surface area contributed by atoms with Crippen molar-refractivity contribution >= 4 is 33.0 Å². The van der Waals surface area contributed by atoms with Gasteiger partial charge in [-0.2, -0.15) is 0 Å². The maximum absolute atomic E-state index is 13.7. The molecule has 38 heavy (non-hydrogen) atoms. The van der Waals surface area contributed by atoms with Crippen molar-refractivity contribution in [2.75, 3.05) is 5.32 Å². The van der Waals surface area contributed by atoms with Gasteiger partial charge in [-0.05, 0) is 73.9 Å². The highest BCUT2D eigenvalue weighted by atomic mass is 35.5. The molecule has 1 aromatic heterocycles. The molecule has 2 bridgehead atoms. The van der Waals surface area contributed by atoms with E-state index in [0.29, 0.717) is 12.8 Å². The summed E-state index contributed by atoms with van der Waals surface area (Å²) in [5.41, 5.74) is -1.61. The van der Waals surface area contributed by atoms with Crippen molar-refractivity contribution in [2.24, 2.45) is 11.8 Å². The Hall–Kier alpha value is -2.99. The van der Waals surface area contributed by atoms with Crippen LogP contribution in [0.25, 0.3) is 0 Å². The number of aliphatic hydroxyl groups excluding tert-OH is 1. The molecule has 1 heterocycles. The number of halogens is 3. The zero-order valence-corrected chi connectivity index (χ0v) is 21.5. The standard InChI is InChI=1S/C26H24ClF2N3O5S/c27-19-6-2-14(25(34)32-17-5-7-20(28)21(29)13-17)10-22(19)38(36,37)18-11-15-3-4-16(12-18)26(15,35)23(33)24-30-8-1-9-31-24/h1-2,5-10,13,15-16,18,23,33,35H,3-4,11-12H2,(H,32,34)/t15-,16?,18?,23?,26-/m0/s1. The van der Waals surface area contributed by atoms with Gasteiger partial charge in [0, 0.05) is 29.7 Å². The molecule has 3 aromatic rings. The Kier molecular flexibility index (Phi) is 6.97. The first-order valence-corrected chi connectivity index (χ1v) is 13.9. The second kappa shape index (κ2) is 9.96. The predicted molar refractivity (Wildman–Crippen MR) is 134 cm³/mol. The van der Waals surface area contributed by atoms with Crippen LogP contribution in [0.4, 0.5) is 14.5 Å². The third-order valence-electron chi connectivity index (χ3n) is 7.65. The van der Waals surface area contributed by atoms with Crippen molar-refractivity contribution in [1.29, 1.82) is 0 Å². The van der Waals surface area contributed by atoms with Gasteiger partial charge in [0.1, 0.15) is 11.7 Å². The van der Waals surface area contributed by atoms with Crippen molar-refractivity contribution in [3.63, 3.8) is 0 Å². The van der Waals surface area contributed by atoms with Crippen LogP contribution in [0.5, 0.6) is 0 Å². The quantitative estimate of drug-likeness (QED) is 0.412. The van der Waals surface area contributed by atoms with E-state index in [0.717, 1.165) is 18.2 Å². The van der Waals surface area contributed by atoms with Gasteiger partial charge < -0.3 is 15.5 Å². The number of hydrogen-bond acceptors (Lipinski definition) is 7. The van der Waals surface area contributed by atoms with Crippen molar-refractivity contribution < 1.29 is 32.2 Å². The maximum atomic E-state index is 13.7. The summed E-state index contributed by atoms with van der Waals surface area (Å²) in [7, 11) is -4.05. The Balaban J connectivity index is 1.39. The lowest BCUT2D eigenvalue weighted by Crippen LogP contribution is -2.52. The summed E-state index contributed by atoms with van der Waals surface area (Å²) in [6.45, 7) is 0. The van der Waals surface area contributed by atoms with E-state index in [4.69, 9.17) is 11.6 Å². The molecule has 2 aliphatic carbocycles. The summed E-state index contributed by atoms with van der Waals surface area (Å²) >= 11 is 6.27. The van der Waals surface area contributed by atoms with Gasteiger partial charge >= 0.3 is 0 Å². The van der Waals surface area contributed by atoms with Crippen LogP contribution >= 0.6 is 11.6 Å². The minimum absolute atomic E-state index is 0.00245. The molecule has 2 fully saturated rings. The number of carbonyl (C=O) groups excluding carboxylic acids is 1. The first kappa shape index (κ1) is 26.6. The SMILES string of the molecule is O=C(Nc1ccc(F)c(F)c1)c1ccc(Cl)c(S(=O)(=O)C2CC3CC[C@@H](C2)[C@@]3(O)C(O)c2ncccn2)c1.